The van der Waals surface area contributed by atoms with Crippen LogP contribution in [0.25, 0.3) is 11.4 Å². The van der Waals surface area contributed by atoms with Crippen LogP contribution >= 0.6 is 0 Å². The molecule has 1 fully saturated rings. The Hall–Kier alpha value is -1.97. The summed E-state index contributed by atoms with van der Waals surface area (Å²) in [5, 5.41) is 0. The van der Waals surface area contributed by atoms with E-state index in [4.69, 9.17) is 0 Å². The van der Waals surface area contributed by atoms with E-state index < -0.39 is 0 Å². The van der Waals surface area contributed by atoms with Crippen LogP contribution in [-0.2, 0) is 6.42 Å². The standard InChI is InChI=1S/C14H15N3O/c1-9-12(7-10-4-5-10)14(18)17-13(16-9)11-3-2-6-15-8-11/h2-3,6,8,10H,4-5,7H2,1H3,(H,16,17,18). The van der Waals surface area contributed by atoms with Gasteiger partial charge in [0.25, 0.3) is 5.56 Å². The van der Waals surface area contributed by atoms with Crippen LogP contribution in [0.3, 0.4) is 0 Å². The van der Waals surface area contributed by atoms with Crippen LogP contribution in [0.15, 0.2) is 29.3 Å². The number of pyridine rings is 1. The van der Waals surface area contributed by atoms with Gasteiger partial charge >= 0.3 is 0 Å². The Morgan fingerprint density at radius 2 is 2.28 bits per heavy atom. The first-order valence-electron chi connectivity index (χ1n) is 6.24. The molecule has 92 valence electrons. The molecular formula is C14H15N3O. The third-order valence-electron chi connectivity index (χ3n) is 3.35. The Morgan fingerprint density at radius 1 is 1.44 bits per heavy atom. The molecule has 0 atom stereocenters. The SMILES string of the molecule is Cc1nc(-c2cccnc2)[nH]c(=O)c1CC1CC1. The summed E-state index contributed by atoms with van der Waals surface area (Å²) in [6.07, 6.45) is 6.75. The largest absolute Gasteiger partial charge is 0.306 e. The lowest BCUT2D eigenvalue weighted by molar-refractivity contribution is 0.799. The Labute approximate surface area is 105 Å². The second-order valence-corrected chi connectivity index (χ2v) is 4.87. The molecule has 1 aliphatic carbocycles. The van der Waals surface area contributed by atoms with E-state index >= 15 is 0 Å². The summed E-state index contributed by atoms with van der Waals surface area (Å²) in [7, 11) is 0. The van der Waals surface area contributed by atoms with E-state index in [1.54, 1.807) is 12.4 Å². The Morgan fingerprint density at radius 3 is 2.89 bits per heavy atom. The van der Waals surface area contributed by atoms with E-state index in [0.29, 0.717) is 11.7 Å². The molecule has 3 rings (SSSR count). The summed E-state index contributed by atoms with van der Waals surface area (Å²) >= 11 is 0. The van der Waals surface area contributed by atoms with Crippen LogP contribution in [0.2, 0.25) is 0 Å². The molecule has 0 aliphatic heterocycles. The molecule has 0 amide bonds. The maximum absolute atomic E-state index is 12.1. The first kappa shape index (κ1) is 11.1. The third kappa shape index (κ3) is 2.18. The molecule has 0 bridgehead atoms. The highest BCUT2D eigenvalue weighted by Gasteiger charge is 2.24. The van der Waals surface area contributed by atoms with Crippen molar-refractivity contribution in [3.05, 3.63) is 46.1 Å². The van der Waals surface area contributed by atoms with E-state index in [-0.39, 0.29) is 5.56 Å². The molecule has 0 spiro atoms. The number of aryl methyl sites for hydroxylation is 1. The van der Waals surface area contributed by atoms with Crippen molar-refractivity contribution in [2.45, 2.75) is 26.2 Å². The summed E-state index contributed by atoms with van der Waals surface area (Å²) < 4.78 is 0. The van der Waals surface area contributed by atoms with Crippen molar-refractivity contribution < 1.29 is 0 Å². The van der Waals surface area contributed by atoms with Gasteiger partial charge in [0, 0.05) is 29.2 Å². The lowest BCUT2D eigenvalue weighted by Gasteiger charge is -2.06. The number of hydrogen-bond donors (Lipinski definition) is 1. The number of nitrogens with one attached hydrogen (secondary N) is 1. The summed E-state index contributed by atoms with van der Waals surface area (Å²) in [6, 6.07) is 3.73. The fourth-order valence-electron chi connectivity index (χ4n) is 2.10. The predicted molar refractivity (Wildman–Crippen MR) is 69.3 cm³/mol. The van der Waals surface area contributed by atoms with Crippen molar-refractivity contribution in [1.29, 1.82) is 0 Å². The topological polar surface area (TPSA) is 58.6 Å². The van der Waals surface area contributed by atoms with Crippen LogP contribution in [0, 0.1) is 12.8 Å². The average molecular weight is 241 g/mol. The highest BCUT2D eigenvalue weighted by Crippen LogP contribution is 2.32. The molecule has 0 saturated heterocycles. The fourth-order valence-corrected chi connectivity index (χ4v) is 2.10. The molecule has 2 aromatic heterocycles. The molecule has 18 heavy (non-hydrogen) atoms. The molecule has 4 heteroatoms. The van der Waals surface area contributed by atoms with Gasteiger partial charge in [-0.1, -0.05) is 0 Å². The van der Waals surface area contributed by atoms with Gasteiger partial charge in [0.05, 0.1) is 0 Å². The minimum Gasteiger partial charge on any atom is -0.306 e. The van der Waals surface area contributed by atoms with Gasteiger partial charge in [-0.05, 0) is 44.2 Å². The maximum Gasteiger partial charge on any atom is 0.254 e. The summed E-state index contributed by atoms with van der Waals surface area (Å²) in [5.74, 6) is 1.29. The van der Waals surface area contributed by atoms with E-state index in [1.165, 1.54) is 12.8 Å². The highest BCUT2D eigenvalue weighted by molar-refractivity contribution is 5.53. The number of nitrogens with zero attached hydrogens (tertiary/aromatic N) is 2. The summed E-state index contributed by atoms with van der Waals surface area (Å²) in [6.45, 7) is 1.91. The smallest absolute Gasteiger partial charge is 0.254 e. The summed E-state index contributed by atoms with van der Waals surface area (Å²) in [5.41, 5.74) is 2.51. The van der Waals surface area contributed by atoms with Crippen molar-refractivity contribution >= 4 is 0 Å². The molecule has 1 N–H and O–H groups in total. The highest BCUT2D eigenvalue weighted by atomic mass is 16.1. The minimum atomic E-state index is -0.00625. The zero-order valence-electron chi connectivity index (χ0n) is 10.3. The van der Waals surface area contributed by atoms with Gasteiger partial charge in [0.15, 0.2) is 0 Å². The first-order valence-corrected chi connectivity index (χ1v) is 6.24. The molecule has 0 unspecified atom stereocenters. The van der Waals surface area contributed by atoms with Gasteiger partial charge in [-0.3, -0.25) is 9.78 Å². The normalized spacial score (nSPS) is 14.7. The molecule has 4 nitrogen and oxygen atoms in total. The lowest BCUT2D eigenvalue weighted by atomic mass is 10.1. The van der Waals surface area contributed by atoms with Crippen LogP contribution in [-0.4, -0.2) is 15.0 Å². The van der Waals surface area contributed by atoms with Crippen molar-refractivity contribution in [3.63, 3.8) is 0 Å². The van der Waals surface area contributed by atoms with Gasteiger partial charge in [-0.25, -0.2) is 4.98 Å². The number of hydrogen-bond acceptors (Lipinski definition) is 3. The third-order valence-corrected chi connectivity index (χ3v) is 3.35. The van der Waals surface area contributed by atoms with E-state index in [9.17, 15) is 4.79 Å². The predicted octanol–water partition coefficient (Wildman–Crippen LogP) is 2.09. The van der Waals surface area contributed by atoms with Gasteiger partial charge in [-0.15, -0.1) is 0 Å². The van der Waals surface area contributed by atoms with Crippen molar-refractivity contribution in [3.8, 4) is 11.4 Å². The van der Waals surface area contributed by atoms with Crippen LogP contribution in [0.1, 0.15) is 24.1 Å². The molecule has 1 aliphatic rings. The van der Waals surface area contributed by atoms with E-state index in [0.717, 1.165) is 23.2 Å². The molecule has 2 heterocycles. The fraction of sp³-hybridized carbons (Fsp3) is 0.357. The van der Waals surface area contributed by atoms with Crippen molar-refractivity contribution in [1.82, 2.24) is 15.0 Å². The van der Waals surface area contributed by atoms with E-state index in [1.807, 2.05) is 19.1 Å². The summed E-state index contributed by atoms with van der Waals surface area (Å²) in [4.78, 5) is 23.5. The molecular weight excluding hydrogens is 226 g/mol. The molecule has 0 radical (unpaired) electrons. The zero-order valence-corrected chi connectivity index (χ0v) is 10.3. The number of aromatic nitrogens is 3. The van der Waals surface area contributed by atoms with Crippen LogP contribution in [0.4, 0.5) is 0 Å². The number of rotatable bonds is 3. The van der Waals surface area contributed by atoms with Gasteiger partial charge in [0.2, 0.25) is 0 Å². The van der Waals surface area contributed by atoms with Crippen LogP contribution in [0.5, 0.6) is 0 Å². The maximum atomic E-state index is 12.1. The Balaban J connectivity index is 2.01. The quantitative estimate of drug-likeness (QED) is 0.895. The molecule has 0 aromatic carbocycles. The van der Waals surface area contributed by atoms with Gasteiger partial charge < -0.3 is 4.98 Å². The van der Waals surface area contributed by atoms with Crippen molar-refractivity contribution in [2.24, 2.45) is 5.92 Å². The van der Waals surface area contributed by atoms with Gasteiger partial charge in [0.1, 0.15) is 5.82 Å². The Kier molecular flexibility index (Phi) is 2.70. The first-order chi connectivity index (χ1) is 8.74. The number of aromatic amines is 1. The van der Waals surface area contributed by atoms with Crippen molar-refractivity contribution in [2.75, 3.05) is 0 Å². The molecule has 1 saturated carbocycles. The number of H-pyrrole nitrogens is 1. The second-order valence-electron chi connectivity index (χ2n) is 4.87. The molecule has 2 aromatic rings. The minimum absolute atomic E-state index is 0.00625. The second kappa shape index (κ2) is 4.37. The van der Waals surface area contributed by atoms with Crippen LogP contribution < -0.4 is 5.56 Å². The monoisotopic (exact) mass is 241 g/mol. The van der Waals surface area contributed by atoms with Gasteiger partial charge in [-0.2, -0.15) is 0 Å². The average Bonchev–Trinajstić information content (AvgIpc) is 3.18. The van der Waals surface area contributed by atoms with E-state index in [2.05, 4.69) is 15.0 Å². The Bertz CT molecular complexity index is 615. The zero-order chi connectivity index (χ0) is 12.5. The lowest BCUT2D eigenvalue weighted by Crippen LogP contribution is -2.18.